The summed E-state index contributed by atoms with van der Waals surface area (Å²) in [6.07, 6.45) is 1.35. The summed E-state index contributed by atoms with van der Waals surface area (Å²) >= 11 is 0. The van der Waals surface area contributed by atoms with Crippen molar-refractivity contribution in [1.29, 1.82) is 0 Å². The molecular weight excluding hydrogens is 338 g/mol. The molecule has 9 nitrogen and oxygen atoms in total. The Labute approximate surface area is 146 Å². The van der Waals surface area contributed by atoms with E-state index in [-0.39, 0.29) is 16.6 Å². The van der Waals surface area contributed by atoms with Gasteiger partial charge in [0.2, 0.25) is 0 Å². The zero-order valence-electron chi connectivity index (χ0n) is 13.6. The standard InChI is InChI=1S/C17H13N5O4/c1-10-19-14-4-2-3-13(15(14)17(24)20-10)16(23)21-18-9-11-5-7-12(8-6-11)22(25)26/h2-9H,1H3,(H,21,23)(H,19,20,24)/b18-9-. The number of amides is 1. The van der Waals surface area contributed by atoms with E-state index in [2.05, 4.69) is 20.5 Å². The Balaban J connectivity index is 1.81. The number of rotatable bonds is 4. The number of aromatic nitrogens is 2. The molecule has 0 bridgehead atoms. The number of aromatic amines is 1. The number of nitrogens with one attached hydrogen (secondary N) is 2. The van der Waals surface area contributed by atoms with Crippen molar-refractivity contribution >= 4 is 28.7 Å². The minimum absolute atomic E-state index is 0.0380. The molecule has 0 aliphatic heterocycles. The molecule has 0 saturated heterocycles. The number of aryl methyl sites for hydroxylation is 1. The molecule has 0 unspecified atom stereocenters. The lowest BCUT2D eigenvalue weighted by Gasteiger charge is -2.04. The van der Waals surface area contributed by atoms with Gasteiger partial charge in [0.25, 0.3) is 17.2 Å². The summed E-state index contributed by atoms with van der Waals surface area (Å²) in [7, 11) is 0. The second kappa shape index (κ2) is 6.93. The fraction of sp³-hybridized carbons (Fsp3) is 0.0588. The second-order valence-corrected chi connectivity index (χ2v) is 5.40. The van der Waals surface area contributed by atoms with Gasteiger partial charge in [0.15, 0.2) is 0 Å². The molecule has 2 N–H and O–H groups in total. The van der Waals surface area contributed by atoms with Crippen LogP contribution in [0.15, 0.2) is 52.4 Å². The third-order valence-corrected chi connectivity index (χ3v) is 3.58. The van der Waals surface area contributed by atoms with Gasteiger partial charge in [-0.3, -0.25) is 19.7 Å². The van der Waals surface area contributed by atoms with Crippen molar-refractivity contribution in [3.8, 4) is 0 Å². The zero-order chi connectivity index (χ0) is 18.7. The normalized spacial score (nSPS) is 11.0. The van der Waals surface area contributed by atoms with Gasteiger partial charge in [0, 0.05) is 12.1 Å². The summed E-state index contributed by atoms with van der Waals surface area (Å²) in [6.45, 7) is 1.65. The number of non-ortho nitro benzene ring substituents is 1. The van der Waals surface area contributed by atoms with Crippen LogP contribution in [-0.2, 0) is 0 Å². The van der Waals surface area contributed by atoms with E-state index in [1.807, 2.05) is 0 Å². The monoisotopic (exact) mass is 351 g/mol. The van der Waals surface area contributed by atoms with Crippen LogP contribution in [0.25, 0.3) is 10.9 Å². The van der Waals surface area contributed by atoms with E-state index in [1.54, 1.807) is 19.1 Å². The predicted molar refractivity (Wildman–Crippen MR) is 95.3 cm³/mol. The van der Waals surface area contributed by atoms with Gasteiger partial charge in [0.1, 0.15) is 5.82 Å². The summed E-state index contributed by atoms with van der Waals surface area (Å²) in [5, 5.41) is 14.6. The molecule has 2 aromatic carbocycles. The fourth-order valence-corrected chi connectivity index (χ4v) is 2.40. The zero-order valence-corrected chi connectivity index (χ0v) is 13.6. The van der Waals surface area contributed by atoms with Crippen LogP contribution in [0.3, 0.4) is 0 Å². The minimum Gasteiger partial charge on any atom is -0.310 e. The molecule has 3 rings (SSSR count). The average molecular weight is 351 g/mol. The minimum atomic E-state index is -0.565. The summed E-state index contributed by atoms with van der Waals surface area (Å²) in [6, 6.07) is 10.5. The first-order chi connectivity index (χ1) is 12.5. The number of nitro benzene ring substituents is 1. The molecule has 3 aromatic rings. The third-order valence-electron chi connectivity index (χ3n) is 3.58. The first kappa shape index (κ1) is 17.0. The van der Waals surface area contributed by atoms with Crippen LogP contribution in [0.4, 0.5) is 5.69 Å². The molecule has 26 heavy (non-hydrogen) atoms. The van der Waals surface area contributed by atoms with Gasteiger partial charge in [-0.15, -0.1) is 0 Å². The highest BCUT2D eigenvalue weighted by atomic mass is 16.6. The maximum Gasteiger partial charge on any atom is 0.272 e. The number of hydrogen-bond acceptors (Lipinski definition) is 6. The van der Waals surface area contributed by atoms with Gasteiger partial charge in [-0.1, -0.05) is 6.07 Å². The molecular formula is C17H13N5O4. The molecule has 0 radical (unpaired) electrons. The summed E-state index contributed by atoms with van der Waals surface area (Å²) < 4.78 is 0. The van der Waals surface area contributed by atoms with Gasteiger partial charge < -0.3 is 4.98 Å². The number of benzene rings is 2. The Morgan fingerprint density at radius 1 is 1.27 bits per heavy atom. The van der Waals surface area contributed by atoms with Crippen molar-refractivity contribution in [2.45, 2.75) is 6.92 Å². The Bertz CT molecular complexity index is 1090. The Hall–Kier alpha value is -3.88. The van der Waals surface area contributed by atoms with E-state index in [1.165, 1.54) is 36.5 Å². The van der Waals surface area contributed by atoms with Gasteiger partial charge in [-0.05, 0) is 36.8 Å². The summed E-state index contributed by atoms with van der Waals surface area (Å²) in [4.78, 5) is 41.3. The first-order valence-corrected chi connectivity index (χ1v) is 7.53. The molecule has 0 spiro atoms. The van der Waals surface area contributed by atoms with Crippen LogP contribution in [-0.4, -0.2) is 27.0 Å². The van der Waals surface area contributed by atoms with Crippen LogP contribution >= 0.6 is 0 Å². The highest BCUT2D eigenvalue weighted by Crippen LogP contribution is 2.13. The van der Waals surface area contributed by atoms with Crippen molar-refractivity contribution in [2.24, 2.45) is 5.10 Å². The summed E-state index contributed by atoms with van der Waals surface area (Å²) in [5.41, 5.74) is 3.03. The summed E-state index contributed by atoms with van der Waals surface area (Å²) in [5.74, 6) is -0.110. The molecule has 0 fully saturated rings. The smallest absolute Gasteiger partial charge is 0.272 e. The molecule has 0 atom stereocenters. The Kier molecular flexibility index (Phi) is 4.52. The Morgan fingerprint density at radius 3 is 2.69 bits per heavy atom. The molecule has 1 aromatic heterocycles. The van der Waals surface area contributed by atoms with E-state index < -0.39 is 16.4 Å². The topological polar surface area (TPSA) is 130 Å². The highest BCUT2D eigenvalue weighted by molar-refractivity contribution is 6.06. The number of fused-ring (bicyclic) bond motifs is 1. The number of hydrogen-bond donors (Lipinski definition) is 2. The second-order valence-electron chi connectivity index (χ2n) is 5.40. The largest absolute Gasteiger partial charge is 0.310 e. The van der Waals surface area contributed by atoms with Crippen LogP contribution in [0.1, 0.15) is 21.7 Å². The number of carbonyl (C=O) groups excluding carboxylic acids is 1. The van der Waals surface area contributed by atoms with E-state index in [9.17, 15) is 19.7 Å². The quantitative estimate of drug-likeness (QED) is 0.421. The van der Waals surface area contributed by atoms with Gasteiger partial charge in [-0.25, -0.2) is 10.4 Å². The fourth-order valence-electron chi connectivity index (χ4n) is 2.40. The van der Waals surface area contributed by atoms with Crippen LogP contribution < -0.4 is 11.0 Å². The van der Waals surface area contributed by atoms with E-state index in [0.717, 1.165) is 0 Å². The maximum atomic E-state index is 12.3. The van der Waals surface area contributed by atoms with Crippen molar-refractivity contribution < 1.29 is 9.72 Å². The van der Waals surface area contributed by atoms with Crippen molar-refractivity contribution in [3.05, 3.63) is 79.9 Å². The number of carbonyl (C=O) groups is 1. The lowest BCUT2D eigenvalue weighted by atomic mass is 10.1. The van der Waals surface area contributed by atoms with E-state index >= 15 is 0 Å². The number of nitro groups is 1. The predicted octanol–water partition coefficient (Wildman–Crippen LogP) is 1.90. The van der Waals surface area contributed by atoms with Crippen LogP contribution in [0.2, 0.25) is 0 Å². The lowest BCUT2D eigenvalue weighted by Crippen LogP contribution is -2.21. The first-order valence-electron chi connectivity index (χ1n) is 7.53. The number of nitrogens with zero attached hydrogens (tertiary/aromatic N) is 3. The molecule has 0 saturated carbocycles. The van der Waals surface area contributed by atoms with Gasteiger partial charge in [-0.2, -0.15) is 5.10 Å². The highest BCUT2D eigenvalue weighted by Gasteiger charge is 2.13. The lowest BCUT2D eigenvalue weighted by molar-refractivity contribution is -0.384. The van der Waals surface area contributed by atoms with Gasteiger partial charge >= 0.3 is 0 Å². The molecule has 130 valence electrons. The molecule has 9 heteroatoms. The van der Waals surface area contributed by atoms with Crippen molar-refractivity contribution in [3.63, 3.8) is 0 Å². The van der Waals surface area contributed by atoms with E-state index in [4.69, 9.17) is 0 Å². The third kappa shape index (κ3) is 3.46. The molecule has 0 aliphatic carbocycles. The van der Waals surface area contributed by atoms with Crippen molar-refractivity contribution in [2.75, 3.05) is 0 Å². The molecule has 1 heterocycles. The van der Waals surface area contributed by atoms with Crippen LogP contribution in [0.5, 0.6) is 0 Å². The maximum absolute atomic E-state index is 12.3. The average Bonchev–Trinajstić information content (AvgIpc) is 2.61. The van der Waals surface area contributed by atoms with Crippen LogP contribution in [0, 0.1) is 17.0 Å². The molecule has 0 aliphatic rings. The van der Waals surface area contributed by atoms with Gasteiger partial charge in [0.05, 0.1) is 27.6 Å². The Morgan fingerprint density at radius 2 is 2.00 bits per heavy atom. The number of H-pyrrole nitrogens is 1. The van der Waals surface area contributed by atoms with Crippen molar-refractivity contribution in [1.82, 2.24) is 15.4 Å². The van der Waals surface area contributed by atoms with E-state index in [0.29, 0.717) is 16.9 Å². The molecule has 1 amide bonds. The SMILES string of the molecule is Cc1nc2cccc(C(=O)N/N=C\c3ccc([N+](=O)[O-])cc3)c2c(=O)[nH]1. The number of hydrazone groups is 1.